The van der Waals surface area contributed by atoms with Gasteiger partial charge in [0, 0.05) is 5.92 Å². The van der Waals surface area contributed by atoms with Crippen LogP contribution in [-0.4, -0.2) is 0 Å². The van der Waals surface area contributed by atoms with Crippen LogP contribution in [0.5, 0.6) is 0 Å². The average molecular weight is 228 g/mol. The molecule has 0 heterocycles. The van der Waals surface area contributed by atoms with Crippen LogP contribution in [-0.2, 0) is 0 Å². The maximum Gasteiger partial charge on any atom is 0.00434 e. The summed E-state index contributed by atoms with van der Waals surface area (Å²) in [4.78, 5) is 0. The van der Waals surface area contributed by atoms with E-state index in [-0.39, 0.29) is 0 Å². The maximum atomic E-state index is 4.14. The van der Waals surface area contributed by atoms with Gasteiger partial charge in [-0.05, 0) is 30.3 Å². The molecule has 0 radical (unpaired) electrons. The summed E-state index contributed by atoms with van der Waals surface area (Å²) in [7, 11) is 0. The minimum absolute atomic E-state index is 0.512. The lowest BCUT2D eigenvalue weighted by Gasteiger charge is -2.28. The van der Waals surface area contributed by atoms with E-state index in [1.165, 1.54) is 12.0 Å². The van der Waals surface area contributed by atoms with E-state index < -0.39 is 0 Å². The van der Waals surface area contributed by atoms with E-state index in [1.54, 1.807) is 0 Å². The van der Waals surface area contributed by atoms with Crippen molar-refractivity contribution in [3.05, 3.63) is 61.3 Å². The molecule has 0 aromatic carbocycles. The van der Waals surface area contributed by atoms with Gasteiger partial charge in [0.1, 0.15) is 0 Å². The third-order valence-electron chi connectivity index (χ3n) is 3.69. The van der Waals surface area contributed by atoms with Crippen LogP contribution >= 0.6 is 0 Å². The second kappa shape index (κ2) is 7.11. The number of rotatable bonds is 6. The van der Waals surface area contributed by atoms with Gasteiger partial charge in [-0.3, -0.25) is 0 Å². The Bertz CT molecular complexity index is 341. The molecule has 92 valence electrons. The van der Waals surface area contributed by atoms with E-state index in [4.69, 9.17) is 0 Å². The normalized spacial score (nSPS) is 22.9. The van der Waals surface area contributed by atoms with Crippen molar-refractivity contribution in [1.29, 1.82) is 0 Å². The molecular weight excluding hydrogens is 204 g/mol. The Labute approximate surface area is 106 Å². The number of hydrogen-bond acceptors (Lipinski definition) is 0. The fourth-order valence-corrected chi connectivity index (χ4v) is 2.28. The molecule has 2 unspecified atom stereocenters. The largest absolute Gasteiger partial charge is 0.0991 e. The molecule has 0 saturated heterocycles. The summed E-state index contributed by atoms with van der Waals surface area (Å²) in [5, 5.41) is 0. The third-order valence-corrected chi connectivity index (χ3v) is 3.69. The molecule has 0 fully saturated rings. The van der Waals surface area contributed by atoms with Crippen LogP contribution in [0.4, 0.5) is 0 Å². The predicted molar refractivity (Wildman–Crippen MR) is 77.8 cm³/mol. The SMILES string of the molecule is C=C/C=C\CCC(C)[C@H](C)C1C=CC=CC1=C. The van der Waals surface area contributed by atoms with Crippen LogP contribution in [0.1, 0.15) is 26.7 Å². The highest BCUT2D eigenvalue weighted by atomic mass is 14.3. The summed E-state index contributed by atoms with van der Waals surface area (Å²) in [6.07, 6.45) is 17.0. The highest BCUT2D eigenvalue weighted by Crippen LogP contribution is 2.32. The summed E-state index contributed by atoms with van der Waals surface area (Å²) < 4.78 is 0. The van der Waals surface area contributed by atoms with E-state index in [0.29, 0.717) is 17.8 Å². The standard InChI is InChI=1S/C17H24/c1-5-6-7-8-11-14(2)16(4)17-13-10-9-12-15(17)3/h5-7,9-10,12-14,16-17H,1,3,8,11H2,2,4H3/b7-6-/t14?,16-,17?/m0/s1. The Morgan fingerprint density at radius 1 is 1.35 bits per heavy atom. The molecule has 0 heteroatoms. The lowest BCUT2D eigenvalue weighted by molar-refractivity contribution is 0.318. The first-order chi connectivity index (χ1) is 8.16. The van der Waals surface area contributed by atoms with E-state index in [9.17, 15) is 0 Å². The molecule has 0 nitrogen and oxygen atoms in total. The molecule has 0 amide bonds. The lowest BCUT2D eigenvalue weighted by Crippen LogP contribution is -2.19. The zero-order valence-electron chi connectivity index (χ0n) is 11.1. The first-order valence-corrected chi connectivity index (χ1v) is 6.48. The molecule has 0 aromatic heterocycles. The van der Waals surface area contributed by atoms with Crippen molar-refractivity contribution in [2.24, 2.45) is 17.8 Å². The minimum Gasteiger partial charge on any atom is -0.0991 e. The number of hydrogen-bond donors (Lipinski definition) is 0. The van der Waals surface area contributed by atoms with Crippen molar-refractivity contribution in [2.75, 3.05) is 0 Å². The molecule has 0 bridgehead atoms. The van der Waals surface area contributed by atoms with E-state index in [0.717, 1.165) is 6.42 Å². The first-order valence-electron chi connectivity index (χ1n) is 6.48. The van der Waals surface area contributed by atoms with Crippen molar-refractivity contribution >= 4 is 0 Å². The van der Waals surface area contributed by atoms with Gasteiger partial charge in [-0.15, -0.1) is 0 Å². The molecule has 0 N–H and O–H groups in total. The summed E-state index contributed by atoms with van der Waals surface area (Å²) in [5.74, 6) is 1.88. The molecule has 0 spiro atoms. The summed E-state index contributed by atoms with van der Waals surface area (Å²) in [6.45, 7) is 12.5. The van der Waals surface area contributed by atoms with Crippen molar-refractivity contribution in [2.45, 2.75) is 26.7 Å². The quantitative estimate of drug-likeness (QED) is 0.556. The molecule has 0 saturated carbocycles. The Morgan fingerprint density at radius 3 is 2.76 bits per heavy atom. The summed E-state index contributed by atoms with van der Waals surface area (Å²) in [5.41, 5.74) is 1.24. The molecule has 1 aliphatic rings. The minimum atomic E-state index is 0.512. The highest BCUT2D eigenvalue weighted by Gasteiger charge is 2.22. The predicted octanol–water partition coefficient (Wildman–Crippen LogP) is 5.08. The molecular formula is C17H24. The van der Waals surface area contributed by atoms with Gasteiger partial charge in [-0.2, -0.15) is 0 Å². The van der Waals surface area contributed by atoms with Crippen molar-refractivity contribution in [1.82, 2.24) is 0 Å². The number of allylic oxidation sites excluding steroid dienone is 8. The smallest absolute Gasteiger partial charge is 0.00434 e. The van der Waals surface area contributed by atoms with Gasteiger partial charge >= 0.3 is 0 Å². The van der Waals surface area contributed by atoms with Gasteiger partial charge in [-0.25, -0.2) is 0 Å². The van der Waals surface area contributed by atoms with E-state index in [2.05, 4.69) is 57.4 Å². The zero-order chi connectivity index (χ0) is 12.7. The Kier molecular flexibility index (Phi) is 5.76. The molecule has 1 rings (SSSR count). The monoisotopic (exact) mass is 228 g/mol. The summed E-state index contributed by atoms with van der Waals surface area (Å²) in [6, 6.07) is 0. The van der Waals surface area contributed by atoms with Gasteiger partial charge in [-0.1, -0.05) is 69.5 Å². The highest BCUT2D eigenvalue weighted by molar-refractivity contribution is 5.31. The van der Waals surface area contributed by atoms with Crippen LogP contribution in [0.25, 0.3) is 0 Å². The van der Waals surface area contributed by atoms with Gasteiger partial charge in [0.2, 0.25) is 0 Å². The topological polar surface area (TPSA) is 0 Å². The van der Waals surface area contributed by atoms with Gasteiger partial charge in [0.05, 0.1) is 0 Å². The van der Waals surface area contributed by atoms with Gasteiger partial charge < -0.3 is 0 Å². The molecule has 0 aromatic rings. The van der Waals surface area contributed by atoms with Gasteiger partial charge in [0.15, 0.2) is 0 Å². The second-order valence-electron chi connectivity index (χ2n) is 4.92. The third kappa shape index (κ3) is 4.22. The van der Waals surface area contributed by atoms with Gasteiger partial charge in [0.25, 0.3) is 0 Å². The fourth-order valence-electron chi connectivity index (χ4n) is 2.28. The van der Waals surface area contributed by atoms with Crippen molar-refractivity contribution in [3.63, 3.8) is 0 Å². The molecule has 0 aliphatic heterocycles. The molecule has 17 heavy (non-hydrogen) atoms. The Morgan fingerprint density at radius 2 is 2.12 bits per heavy atom. The Balaban J connectivity index is 2.45. The second-order valence-corrected chi connectivity index (χ2v) is 4.92. The fraction of sp³-hybridized carbons (Fsp3) is 0.412. The lowest BCUT2D eigenvalue weighted by atomic mass is 9.77. The van der Waals surface area contributed by atoms with Crippen LogP contribution in [0.15, 0.2) is 61.3 Å². The van der Waals surface area contributed by atoms with Crippen LogP contribution in [0.2, 0.25) is 0 Å². The molecule has 3 atom stereocenters. The molecule has 1 aliphatic carbocycles. The summed E-state index contributed by atoms with van der Waals surface area (Å²) >= 11 is 0. The van der Waals surface area contributed by atoms with Crippen LogP contribution in [0.3, 0.4) is 0 Å². The first kappa shape index (κ1) is 13.8. The van der Waals surface area contributed by atoms with Crippen LogP contribution in [0, 0.1) is 17.8 Å². The van der Waals surface area contributed by atoms with Crippen LogP contribution < -0.4 is 0 Å². The average Bonchev–Trinajstić information content (AvgIpc) is 2.34. The van der Waals surface area contributed by atoms with E-state index >= 15 is 0 Å². The Hall–Kier alpha value is -1.30. The maximum absolute atomic E-state index is 4.14. The van der Waals surface area contributed by atoms with E-state index in [1.807, 2.05) is 12.2 Å². The van der Waals surface area contributed by atoms with Crippen molar-refractivity contribution < 1.29 is 0 Å². The zero-order valence-corrected chi connectivity index (χ0v) is 11.1. The van der Waals surface area contributed by atoms with Crippen molar-refractivity contribution in [3.8, 4) is 0 Å².